The van der Waals surface area contributed by atoms with Gasteiger partial charge in [-0.1, -0.05) is 6.08 Å². The topological polar surface area (TPSA) is 48.2 Å². The Kier molecular flexibility index (Phi) is 4.20. The molecule has 0 aliphatic heterocycles. The van der Waals surface area contributed by atoms with Gasteiger partial charge < -0.3 is 5.32 Å². The van der Waals surface area contributed by atoms with E-state index < -0.39 is 0 Å². The van der Waals surface area contributed by atoms with Crippen LogP contribution in [0.5, 0.6) is 0 Å². The molecule has 56 valence electrons. The van der Waals surface area contributed by atoms with E-state index in [2.05, 4.69) is 10.3 Å². The lowest BCUT2D eigenvalue weighted by Crippen LogP contribution is -2.24. The summed E-state index contributed by atoms with van der Waals surface area (Å²) in [5.74, 6) is 1.15. The van der Waals surface area contributed by atoms with Crippen LogP contribution in [-0.2, 0) is 0 Å². The first kappa shape index (κ1) is 8.88. The lowest BCUT2D eigenvalue weighted by atomic mass is 10.6. The first-order chi connectivity index (χ1) is 4.66. The zero-order chi connectivity index (χ0) is 7.98. The molecule has 0 aliphatic carbocycles. The van der Waals surface area contributed by atoms with Gasteiger partial charge in [-0.3, -0.25) is 5.41 Å². The van der Waals surface area contributed by atoms with Crippen molar-refractivity contribution in [2.24, 2.45) is 4.99 Å². The summed E-state index contributed by atoms with van der Waals surface area (Å²) in [5.41, 5.74) is 0. The standard InChI is InChI=1S/C7H13N3/c1-4-5-9-7(3)10-6(2)8/h4-5H,1-3H3,(H2,8,9,10)/b5-4-. The molecule has 0 radical (unpaired) electrons. The van der Waals surface area contributed by atoms with Crippen LogP contribution in [-0.4, -0.2) is 11.7 Å². The Morgan fingerprint density at radius 1 is 1.50 bits per heavy atom. The van der Waals surface area contributed by atoms with Gasteiger partial charge in [0.2, 0.25) is 0 Å². The lowest BCUT2D eigenvalue weighted by Gasteiger charge is -1.99. The first-order valence-corrected chi connectivity index (χ1v) is 3.14. The van der Waals surface area contributed by atoms with Crippen molar-refractivity contribution in [2.75, 3.05) is 0 Å². The van der Waals surface area contributed by atoms with Crippen LogP contribution in [0.25, 0.3) is 0 Å². The van der Waals surface area contributed by atoms with E-state index in [0.717, 1.165) is 5.84 Å². The molecule has 3 nitrogen and oxygen atoms in total. The van der Waals surface area contributed by atoms with Gasteiger partial charge in [-0.25, -0.2) is 4.99 Å². The van der Waals surface area contributed by atoms with Crippen molar-refractivity contribution >= 4 is 11.7 Å². The Morgan fingerprint density at radius 2 is 2.10 bits per heavy atom. The highest BCUT2D eigenvalue weighted by molar-refractivity contribution is 5.97. The second-order valence-electron chi connectivity index (χ2n) is 1.95. The highest BCUT2D eigenvalue weighted by atomic mass is 15.0. The molecule has 0 aromatic rings. The van der Waals surface area contributed by atoms with Crippen LogP contribution in [0.2, 0.25) is 0 Å². The van der Waals surface area contributed by atoms with Crippen LogP contribution in [0, 0.1) is 5.41 Å². The molecule has 2 N–H and O–H groups in total. The number of nitrogens with one attached hydrogen (secondary N) is 2. The zero-order valence-corrected chi connectivity index (χ0v) is 6.60. The highest BCUT2D eigenvalue weighted by Gasteiger charge is 1.86. The number of nitrogens with zero attached hydrogens (tertiary/aromatic N) is 1. The smallest absolute Gasteiger partial charge is 0.104 e. The summed E-state index contributed by atoms with van der Waals surface area (Å²) < 4.78 is 0. The molecule has 0 aromatic carbocycles. The quantitative estimate of drug-likeness (QED) is 0.420. The Balaban J connectivity index is 3.82. The van der Waals surface area contributed by atoms with Gasteiger partial charge in [-0.05, 0) is 20.8 Å². The third-order valence-electron chi connectivity index (χ3n) is 0.786. The van der Waals surface area contributed by atoms with Crippen LogP contribution < -0.4 is 5.32 Å². The summed E-state index contributed by atoms with van der Waals surface area (Å²) in [5, 5.41) is 9.80. The van der Waals surface area contributed by atoms with Crippen LogP contribution in [0.1, 0.15) is 20.8 Å². The molecule has 0 fully saturated rings. The van der Waals surface area contributed by atoms with E-state index in [-0.39, 0.29) is 0 Å². The van der Waals surface area contributed by atoms with E-state index in [1.807, 2.05) is 19.9 Å². The van der Waals surface area contributed by atoms with Gasteiger partial charge in [0.1, 0.15) is 5.84 Å². The maximum Gasteiger partial charge on any atom is 0.104 e. The van der Waals surface area contributed by atoms with E-state index in [0.29, 0.717) is 5.84 Å². The van der Waals surface area contributed by atoms with Crippen LogP contribution >= 0.6 is 0 Å². The van der Waals surface area contributed by atoms with Gasteiger partial charge in [-0.15, -0.1) is 0 Å². The molecule has 0 atom stereocenters. The average Bonchev–Trinajstić information content (AvgIpc) is 1.82. The molecule has 10 heavy (non-hydrogen) atoms. The Hall–Kier alpha value is -1.12. The maximum atomic E-state index is 7.04. The Morgan fingerprint density at radius 3 is 2.50 bits per heavy atom. The first-order valence-electron chi connectivity index (χ1n) is 3.14. The molecule has 0 heterocycles. The minimum atomic E-state index is 0.408. The number of allylic oxidation sites excluding steroid dienone is 1. The molecule has 0 bridgehead atoms. The molecule has 0 aromatic heterocycles. The minimum Gasteiger partial charge on any atom is -0.333 e. The van der Waals surface area contributed by atoms with Gasteiger partial charge >= 0.3 is 0 Å². The monoisotopic (exact) mass is 139 g/mol. The van der Waals surface area contributed by atoms with Crippen molar-refractivity contribution in [1.82, 2.24) is 5.32 Å². The minimum absolute atomic E-state index is 0.408. The predicted molar refractivity (Wildman–Crippen MR) is 44.5 cm³/mol. The molecular formula is C7H13N3. The number of aliphatic imine (C=N–C) groups is 1. The normalized spacial score (nSPS) is 12.1. The summed E-state index contributed by atoms with van der Waals surface area (Å²) in [7, 11) is 0. The fraction of sp³-hybridized carbons (Fsp3) is 0.429. The van der Waals surface area contributed by atoms with Crippen LogP contribution in [0.15, 0.2) is 17.3 Å². The van der Waals surface area contributed by atoms with Crippen LogP contribution in [0.3, 0.4) is 0 Å². The highest BCUT2D eigenvalue weighted by Crippen LogP contribution is 1.76. The SMILES string of the molecule is C/C=C\N=C(C)NC(C)=N. The van der Waals surface area contributed by atoms with Crippen molar-refractivity contribution in [1.29, 1.82) is 5.41 Å². The summed E-state index contributed by atoms with van der Waals surface area (Å²) in [4.78, 5) is 3.97. The van der Waals surface area contributed by atoms with E-state index >= 15 is 0 Å². The summed E-state index contributed by atoms with van der Waals surface area (Å²) in [6.45, 7) is 5.39. The summed E-state index contributed by atoms with van der Waals surface area (Å²) in [6.07, 6.45) is 3.52. The van der Waals surface area contributed by atoms with Crippen molar-refractivity contribution in [3.8, 4) is 0 Å². The van der Waals surface area contributed by atoms with E-state index in [1.54, 1.807) is 13.1 Å². The van der Waals surface area contributed by atoms with E-state index in [1.165, 1.54) is 0 Å². The Bertz CT molecular complexity index is 168. The molecule has 0 amide bonds. The number of hydrogen-bond acceptors (Lipinski definition) is 2. The fourth-order valence-electron chi connectivity index (χ4n) is 0.490. The van der Waals surface area contributed by atoms with E-state index in [4.69, 9.17) is 5.41 Å². The molecule has 0 spiro atoms. The molecule has 0 aliphatic rings. The van der Waals surface area contributed by atoms with Gasteiger partial charge in [0.05, 0.1) is 5.84 Å². The van der Waals surface area contributed by atoms with Crippen molar-refractivity contribution < 1.29 is 0 Å². The van der Waals surface area contributed by atoms with Gasteiger partial charge in [-0.2, -0.15) is 0 Å². The maximum absolute atomic E-state index is 7.04. The third kappa shape index (κ3) is 5.03. The molecule has 0 rings (SSSR count). The molecule has 0 saturated heterocycles. The number of amidine groups is 2. The van der Waals surface area contributed by atoms with Crippen molar-refractivity contribution in [3.05, 3.63) is 12.3 Å². The van der Waals surface area contributed by atoms with Gasteiger partial charge in [0, 0.05) is 6.20 Å². The molecular weight excluding hydrogens is 126 g/mol. The Labute approximate surface area is 61.4 Å². The van der Waals surface area contributed by atoms with Gasteiger partial charge in [0.15, 0.2) is 0 Å². The number of rotatable bonds is 1. The largest absolute Gasteiger partial charge is 0.333 e. The lowest BCUT2D eigenvalue weighted by molar-refractivity contribution is 1.24. The molecule has 0 unspecified atom stereocenters. The number of hydrogen-bond donors (Lipinski definition) is 2. The van der Waals surface area contributed by atoms with E-state index in [9.17, 15) is 0 Å². The third-order valence-corrected chi connectivity index (χ3v) is 0.786. The van der Waals surface area contributed by atoms with Crippen molar-refractivity contribution in [2.45, 2.75) is 20.8 Å². The van der Waals surface area contributed by atoms with Crippen LogP contribution in [0.4, 0.5) is 0 Å². The predicted octanol–water partition coefficient (Wildman–Crippen LogP) is 1.53. The zero-order valence-electron chi connectivity index (χ0n) is 6.60. The summed E-state index contributed by atoms with van der Waals surface area (Å²) in [6, 6.07) is 0. The molecule has 3 heteroatoms. The average molecular weight is 139 g/mol. The van der Waals surface area contributed by atoms with Crippen molar-refractivity contribution in [3.63, 3.8) is 0 Å². The summed E-state index contributed by atoms with van der Waals surface area (Å²) >= 11 is 0. The second-order valence-corrected chi connectivity index (χ2v) is 1.95. The fourth-order valence-corrected chi connectivity index (χ4v) is 0.490. The molecule has 0 saturated carbocycles. The van der Waals surface area contributed by atoms with Gasteiger partial charge in [0.25, 0.3) is 0 Å². The second kappa shape index (κ2) is 4.73.